The minimum atomic E-state index is -1.14. The van der Waals surface area contributed by atoms with Crippen molar-refractivity contribution < 1.29 is 4.21 Å². The fourth-order valence-electron chi connectivity index (χ4n) is 1.65. The Balaban J connectivity index is 1.84. The second kappa shape index (κ2) is 5.32. The van der Waals surface area contributed by atoms with Crippen molar-refractivity contribution in [3.05, 3.63) is 34.2 Å². The van der Waals surface area contributed by atoms with E-state index in [1.165, 1.54) is 0 Å². The first-order chi connectivity index (χ1) is 9.24. The first-order valence-corrected chi connectivity index (χ1v) is 8.80. The summed E-state index contributed by atoms with van der Waals surface area (Å²) in [5.41, 5.74) is 2.07. The van der Waals surface area contributed by atoms with Crippen LogP contribution in [-0.2, 0) is 17.3 Å². The molecular weight excluding hydrogens is 300 g/mol. The number of thiazole rings is 1. The van der Waals surface area contributed by atoms with Gasteiger partial charge in [-0.3, -0.25) is 4.21 Å². The molecule has 8 heteroatoms. The molecule has 0 N–H and O–H groups in total. The standard InChI is InChI=1S/C11H10N4OS3/c1-19(16)11-14-12-7-15(11)4-9-6-18-10(13-9)8-2-3-17-5-8/h2-3,5-7H,4H2,1H3/t19-/m1/s1. The molecular formula is C11H10N4OS3. The average molecular weight is 310 g/mol. The average Bonchev–Trinajstić information content (AvgIpc) is 3.09. The second-order valence-electron chi connectivity index (χ2n) is 3.85. The molecule has 3 heterocycles. The quantitative estimate of drug-likeness (QED) is 0.741. The Labute approximate surface area is 120 Å². The van der Waals surface area contributed by atoms with Crippen LogP contribution in [0.1, 0.15) is 5.69 Å². The first-order valence-electron chi connectivity index (χ1n) is 5.42. The highest BCUT2D eigenvalue weighted by molar-refractivity contribution is 7.84. The van der Waals surface area contributed by atoms with Crippen LogP contribution in [0, 0.1) is 0 Å². The van der Waals surface area contributed by atoms with Crippen molar-refractivity contribution in [3.8, 4) is 10.6 Å². The molecule has 1 atom stereocenters. The fraction of sp³-hybridized carbons (Fsp3) is 0.182. The topological polar surface area (TPSA) is 60.7 Å². The van der Waals surface area contributed by atoms with Gasteiger partial charge in [0.25, 0.3) is 0 Å². The van der Waals surface area contributed by atoms with Gasteiger partial charge in [0.05, 0.1) is 23.0 Å². The van der Waals surface area contributed by atoms with Crippen LogP contribution in [0.4, 0.5) is 0 Å². The van der Waals surface area contributed by atoms with Gasteiger partial charge in [0, 0.05) is 22.6 Å². The van der Waals surface area contributed by atoms with E-state index in [-0.39, 0.29) is 0 Å². The summed E-state index contributed by atoms with van der Waals surface area (Å²) in [6.45, 7) is 0.544. The molecule has 98 valence electrons. The van der Waals surface area contributed by atoms with Gasteiger partial charge in [-0.25, -0.2) is 4.98 Å². The van der Waals surface area contributed by atoms with Gasteiger partial charge in [0.15, 0.2) is 0 Å². The largest absolute Gasteiger partial charge is 0.300 e. The zero-order valence-electron chi connectivity index (χ0n) is 10.0. The van der Waals surface area contributed by atoms with Gasteiger partial charge in [-0.15, -0.1) is 21.5 Å². The van der Waals surface area contributed by atoms with E-state index < -0.39 is 10.8 Å². The highest BCUT2D eigenvalue weighted by atomic mass is 32.2. The summed E-state index contributed by atoms with van der Waals surface area (Å²) >= 11 is 3.27. The summed E-state index contributed by atoms with van der Waals surface area (Å²) in [5, 5.41) is 15.3. The van der Waals surface area contributed by atoms with E-state index in [4.69, 9.17) is 0 Å². The number of aromatic nitrogens is 4. The zero-order chi connectivity index (χ0) is 13.2. The Kier molecular flexibility index (Phi) is 3.54. The molecule has 19 heavy (non-hydrogen) atoms. The molecule has 0 amide bonds. The summed E-state index contributed by atoms with van der Waals surface area (Å²) in [5.74, 6) is 0. The second-order valence-corrected chi connectivity index (χ2v) is 6.76. The van der Waals surface area contributed by atoms with Crippen LogP contribution < -0.4 is 0 Å². The monoisotopic (exact) mass is 310 g/mol. The van der Waals surface area contributed by atoms with Gasteiger partial charge in [-0.1, -0.05) is 0 Å². The molecule has 3 aromatic rings. The summed E-state index contributed by atoms with van der Waals surface area (Å²) in [7, 11) is -1.14. The van der Waals surface area contributed by atoms with E-state index in [0.29, 0.717) is 11.7 Å². The third-order valence-corrected chi connectivity index (χ3v) is 4.94. The lowest BCUT2D eigenvalue weighted by molar-refractivity contribution is 0.650. The van der Waals surface area contributed by atoms with Crippen LogP contribution in [0.15, 0.2) is 33.7 Å². The van der Waals surface area contributed by atoms with Crippen LogP contribution in [0.3, 0.4) is 0 Å². The van der Waals surface area contributed by atoms with Crippen LogP contribution in [0.25, 0.3) is 10.6 Å². The molecule has 0 aliphatic heterocycles. The van der Waals surface area contributed by atoms with Crippen molar-refractivity contribution in [3.63, 3.8) is 0 Å². The molecule has 3 rings (SSSR count). The normalized spacial score (nSPS) is 12.7. The molecule has 0 radical (unpaired) electrons. The van der Waals surface area contributed by atoms with E-state index in [1.807, 2.05) is 10.8 Å². The van der Waals surface area contributed by atoms with Crippen LogP contribution in [0.5, 0.6) is 0 Å². The third-order valence-electron chi connectivity index (χ3n) is 2.49. The van der Waals surface area contributed by atoms with Crippen LogP contribution in [-0.4, -0.2) is 30.2 Å². The lowest BCUT2D eigenvalue weighted by Crippen LogP contribution is -2.05. The molecule has 0 saturated heterocycles. The predicted molar refractivity (Wildman–Crippen MR) is 76.9 cm³/mol. The minimum Gasteiger partial charge on any atom is -0.300 e. The van der Waals surface area contributed by atoms with Gasteiger partial charge < -0.3 is 4.57 Å². The van der Waals surface area contributed by atoms with Crippen molar-refractivity contribution in [2.75, 3.05) is 6.26 Å². The Bertz CT molecular complexity index is 701. The molecule has 0 aromatic carbocycles. The number of nitrogens with zero attached hydrogens (tertiary/aromatic N) is 4. The molecule has 3 aromatic heterocycles. The first kappa shape index (κ1) is 12.6. The number of hydrogen-bond donors (Lipinski definition) is 0. The summed E-state index contributed by atoms with van der Waals surface area (Å²) < 4.78 is 13.2. The Morgan fingerprint density at radius 2 is 2.32 bits per heavy atom. The van der Waals surface area contributed by atoms with E-state index >= 15 is 0 Å². The van der Waals surface area contributed by atoms with Crippen molar-refractivity contribution >= 4 is 33.5 Å². The lowest BCUT2D eigenvalue weighted by atomic mass is 10.3. The molecule has 0 saturated carbocycles. The SMILES string of the molecule is C[S@@](=O)c1nncn1Cc1csc(-c2ccsc2)n1. The van der Waals surface area contributed by atoms with Gasteiger partial charge in [0.2, 0.25) is 5.16 Å². The van der Waals surface area contributed by atoms with Crippen molar-refractivity contribution in [2.45, 2.75) is 11.7 Å². The van der Waals surface area contributed by atoms with E-state index in [9.17, 15) is 4.21 Å². The molecule has 0 spiro atoms. The summed E-state index contributed by atoms with van der Waals surface area (Å²) in [6.07, 6.45) is 3.18. The molecule has 0 bridgehead atoms. The summed E-state index contributed by atoms with van der Waals surface area (Å²) in [4.78, 5) is 4.58. The fourth-order valence-corrected chi connectivity index (χ4v) is 3.78. The Morgan fingerprint density at radius 1 is 1.42 bits per heavy atom. The molecule has 0 unspecified atom stereocenters. The molecule has 0 aliphatic rings. The van der Waals surface area contributed by atoms with Gasteiger partial charge in [-0.2, -0.15) is 11.3 Å². The minimum absolute atomic E-state index is 0.477. The number of hydrogen-bond acceptors (Lipinski definition) is 6. The maximum absolute atomic E-state index is 11.5. The smallest absolute Gasteiger partial charge is 0.221 e. The van der Waals surface area contributed by atoms with Gasteiger partial charge >= 0.3 is 0 Å². The van der Waals surface area contributed by atoms with E-state index in [0.717, 1.165) is 16.3 Å². The van der Waals surface area contributed by atoms with Crippen molar-refractivity contribution in [1.82, 2.24) is 19.7 Å². The third kappa shape index (κ3) is 2.65. The van der Waals surface area contributed by atoms with Gasteiger partial charge in [0.1, 0.15) is 11.3 Å². The molecule has 0 fully saturated rings. The summed E-state index contributed by atoms with van der Waals surface area (Å²) in [6, 6.07) is 2.05. The number of rotatable bonds is 4. The maximum atomic E-state index is 11.5. The van der Waals surface area contributed by atoms with Gasteiger partial charge in [-0.05, 0) is 11.4 Å². The lowest BCUT2D eigenvalue weighted by Gasteiger charge is -2.01. The highest BCUT2D eigenvalue weighted by Gasteiger charge is 2.11. The van der Waals surface area contributed by atoms with Crippen molar-refractivity contribution in [2.24, 2.45) is 0 Å². The molecule has 5 nitrogen and oxygen atoms in total. The van der Waals surface area contributed by atoms with E-state index in [2.05, 4.69) is 26.6 Å². The highest BCUT2D eigenvalue weighted by Crippen LogP contribution is 2.26. The Hall–Kier alpha value is -1.38. The molecule has 0 aliphatic carbocycles. The van der Waals surface area contributed by atoms with Crippen LogP contribution in [0.2, 0.25) is 0 Å². The van der Waals surface area contributed by atoms with E-state index in [1.54, 1.807) is 39.8 Å². The zero-order valence-corrected chi connectivity index (χ0v) is 12.5. The predicted octanol–water partition coefficient (Wildman–Crippen LogP) is 2.25. The van der Waals surface area contributed by atoms with Crippen molar-refractivity contribution in [1.29, 1.82) is 0 Å². The number of thiophene rings is 1. The Morgan fingerprint density at radius 3 is 3.05 bits per heavy atom. The maximum Gasteiger partial charge on any atom is 0.221 e. The van der Waals surface area contributed by atoms with Crippen LogP contribution >= 0.6 is 22.7 Å².